The molecule has 0 radical (unpaired) electrons. The fraction of sp³-hybridized carbons (Fsp3) is 0.346. The topological polar surface area (TPSA) is 47.6 Å². The summed E-state index contributed by atoms with van der Waals surface area (Å²) in [5.74, 6) is 2.14. The predicted octanol–water partition coefficient (Wildman–Crippen LogP) is 5.54. The molecule has 1 amide bonds. The van der Waals surface area contributed by atoms with E-state index in [-0.39, 0.29) is 5.91 Å². The predicted molar refractivity (Wildman–Crippen MR) is 122 cm³/mol. The van der Waals surface area contributed by atoms with Gasteiger partial charge in [0.25, 0.3) is 0 Å². The molecule has 3 rings (SSSR count). The Kier molecular flexibility index (Phi) is 8.13. The number of carbonyl (C=O) groups is 1. The van der Waals surface area contributed by atoms with E-state index in [4.69, 9.17) is 9.47 Å². The molecule has 4 nitrogen and oxygen atoms in total. The number of amides is 1. The zero-order valence-corrected chi connectivity index (χ0v) is 17.8. The SMILES string of the molecule is COc1cc(C=CC=CC(=O)NC2CCC(C)CC2)ccc1OCc1ccccc1. The summed E-state index contributed by atoms with van der Waals surface area (Å²) in [4.78, 5) is 12.1. The summed E-state index contributed by atoms with van der Waals surface area (Å²) < 4.78 is 11.4. The van der Waals surface area contributed by atoms with Gasteiger partial charge < -0.3 is 14.8 Å². The molecule has 1 N–H and O–H groups in total. The van der Waals surface area contributed by atoms with Crippen LogP contribution < -0.4 is 14.8 Å². The molecule has 0 saturated heterocycles. The van der Waals surface area contributed by atoms with Crippen LogP contribution in [0.5, 0.6) is 11.5 Å². The molecule has 1 aliphatic rings. The van der Waals surface area contributed by atoms with E-state index < -0.39 is 0 Å². The van der Waals surface area contributed by atoms with Gasteiger partial charge in [-0.15, -0.1) is 0 Å². The van der Waals surface area contributed by atoms with Crippen LogP contribution in [0.3, 0.4) is 0 Å². The van der Waals surface area contributed by atoms with E-state index in [0.29, 0.717) is 24.1 Å². The van der Waals surface area contributed by atoms with Crippen LogP contribution in [0.2, 0.25) is 0 Å². The summed E-state index contributed by atoms with van der Waals surface area (Å²) in [6.45, 7) is 2.77. The van der Waals surface area contributed by atoms with Gasteiger partial charge in [-0.1, -0.05) is 61.5 Å². The molecule has 1 fully saturated rings. The number of hydrogen-bond donors (Lipinski definition) is 1. The Bertz CT molecular complexity index is 865. The molecule has 0 aromatic heterocycles. The van der Waals surface area contributed by atoms with E-state index in [2.05, 4.69) is 12.2 Å². The third-order valence-electron chi connectivity index (χ3n) is 5.43. The Morgan fingerprint density at radius 1 is 1.03 bits per heavy atom. The molecule has 30 heavy (non-hydrogen) atoms. The molecular weight excluding hydrogens is 374 g/mol. The molecule has 2 aromatic carbocycles. The minimum absolute atomic E-state index is 0.0264. The lowest BCUT2D eigenvalue weighted by atomic mass is 9.87. The van der Waals surface area contributed by atoms with E-state index in [1.165, 1.54) is 12.8 Å². The zero-order valence-electron chi connectivity index (χ0n) is 17.8. The maximum atomic E-state index is 12.1. The Labute approximate surface area is 179 Å². The normalized spacial score (nSPS) is 19.1. The van der Waals surface area contributed by atoms with Crippen LogP contribution in [0.25, 0.3) is 6.08 Å². The van der Waals surface area contributed by atoms with Crippen LogP contribution in [0, 0.1) is 5.92 Å². The van der Waals surface area contributed by atoms with Crippen molar-refractivity contribution in [2.24, 2.45) is 5.92 Å². The quantitative estimate of drug-likeness (QED) is 0.463. The summed E-state index contributed by atoms with van der Waals surface area (Å²) >= 11 is 0. The summed E-state index contributed by atoms with van der Waals surface area (Å²) in [6, 6.07) is 16.1. The van der Waals surface area contributed by atoms with Crippen molar-refractivity contribution in [1.82, 2.24) is 5.32 Å². The Morgan fingerprint density at radius 3 is 2.53 bits per heavy atom. The lowest BCUT2D eigenvalue weighted by molar-refractivity contribution is -0.117. The second-order valence-electron chi connectivity index (χ2n) is 7.87. The number of benzene rings is 2. The lowest BCUT2D eigenvalue weighted by Gasteiger charge is -2.26. The molecule has 0 bridgehead atoms. The Hall–Kier alpha value is -3.01. The highest BCUT2D eigenvalue weighted by molar-refractivity contribution is 5.88. The molecule has 4 heteroatoms. The second kappa shape index (κ2) is 11.2. The van der Waals surface area contributed by atoms with Crippen molar-refractivity contribution in [1.29, 1.82) is 0 Å². The van der Waals surface area contributed by atoms with Gasteiger partial charge >= 0.3 is 0 Å². The largest absolute Gasteiger partial charge is 0.493 e. The monoisotopic (exact) mass is 405 g/mol. The molecule has 0 aliphatic heterocycles. The molecular formula is C26H31NO3. The first-order valence-electron chi connectivity index (χ1n) is 10.6. The molecule has 0 spiro atoms. The second-order valence-corrected chi connectivity index (χ2v) is 7.87. The van der Waals surface area contributed by atoms with Crippen molar-refractivity contribution in [2.45, 2.75) is 45.3 Å². The number of hydrogen-bond acceptors (Lipinski definition) is 3. The molecule has 0 heterocycles. The number of ether oxygens (including phenoxy) is 2. The van der Waals surface area contributed by atoms with Gasteiger partial charge in [0.15, 0.2) is 11.5 Å². The van der Waals surface area contributed by atoms with Gasteiger partial charge in [-0.05, 0) is 54.9 Å². The van der Waals surface area contributed by atoms with E-state index in [1.807, 2.05) is 60.7 Å². The molecule has 1 saturated carbocycles. The standard InChI is InChI=1S/C26H31NO3/c1-20-12-15-23(16-13-20)27-26(28)11-7-6-8-21-14-17-24(25(18-21)29-2)30-19-22-9-4-3-5-10-22/h3-11,14,17-18,20,23H,12-13,15-16,19H2,1-2H3,(H,27,28). The fourth-order valence-corrected chi connectivity index (χ4v) is 3.61. The lowest BCUT2D eigenvalue weighted by Crippen LogP contribution is -2.36. The third-order valence-corrected chi connectivity index (χ3v) is 5.43. The van der Waals surface area contributed by atoms with Gasteiger partial charge in [-0.2, -0.15) is 0 Å². The van der Waals surface area contributed by atoms with Crippen molar-refractivity contribution >= 4 is 12.0 Å². The number of rotatable bonds is 8. The van der Waals surface area contributed by atoms with Crippen LogP contribution in [0.15, 0.2) is 66.8 Å². The smallest absolute Gasteiger partial charge is 0.244 e. The van der Waals surface area contributed by atoms with Gasteiger partial charge in [0.1, 0.15) is 6.61 Å². The summed E-state index contributed by atoms with van der Waals surface area (Å²) in [5.41, 5.74) is 2.08. The minimum Gasteiger partial charge on any atom is -0.493 e. The van der Waals surface area contributed by atoms with Gasteiger partial charge in [-0.25, -0.2) is 0 Å². The molecule has 0 atom stereocenters. The highest BCUT2D eigenvalue weighted by Gasteiger charge is 2.18. The van der Waals surface area contributed by atoms with E-state index >= 15 is 0 Å². The summed E-state index contributed by atoms with van der Waals surface area (Å²) in [7, 11) is 1.63. The highest BCUT2D eigenvalue weighted by Crippen LogP contribution is 2.29. The first kappa shape index (κ1) is 21.7. The average molecular weight is 406 g/mol. The molecule has 0 unspecified atom stereocenters. The van der Waals surface area contributed by atoms with Crippen LogP contribution in [-0.4, -0.2) is 19.1 Å². The molecule has 1 aliphatic carbocycles. The highest BCUT2D eigenvalue weighted by atomic mass is 16.5. The van der Waals surface area contributed by atoms with E-state index in [0.717, 1.165) is 29.9 Å². The van der Waals surface area contributed by atoms with Crippen molar-refractivity contribution in [3.8, 4) is 11.5 Å². The maximum Gasteiger partial charge on any atom is 0.244 e. The van der Waals surface area contributed by atoms with Crippen LogP contribution >= 0.6 is 0 Å². The summed E-state index contributed by atoms with van der Waals surface area (Å²) in [5, 5.41) is 3.10. The van der Waals surface area contributed by atoms with Gasteiger partial charge in [0.05, 0.1) is 7.11 Å². The fourth-order valence-electron chi connectivity index (χ4n) is 3.61. The Morgan fingerprint density at radius 2 is 1.80 bits per heavy atom. The van der Waals surface area contributed by atoms with Crippen molar-refractivity contribution in [3.05, 3.63) is 77.9 Å². The number of carbonyl (C=O) groups excluding carboxylic acids is 1. The van der Waals surface area contributed by atoms with Crippen molar-refractivity contribution < 1.29 is 14.3 Å². The molecule has 158 valence electrons. The van der Waals surface area contributed by atoms with Gasteiger partial charge in [0, 0.05) is 12.1 Å². The number of allylic oxidation sites excluding steroid dienone is 2. The first-order valence-corrected chi connectivity index (χ1v) is 10.6. The van der Waals surface area contributed by atoms with Crippen molar-refractivity contribution in [3.63, 3.8) is 0 Å². The minimum atomic E-state index is -0.0264. The third kappa shape index (κ3) is 6.80. The number of methoxy groups -OCH3 is 1. The van der Waals surface area contributed by atoms with Gasteiger partial charge in [0.2, 0.25) is 5.91 Å². The zero-order chi connectivity index (χ0) is 21.2. The number of nitrogens with one attached hydrogen (secondary N) is 1. The van der Waals surface area contributed by atoms with Crippen molar-refractivity contribution in [2.75, 3.05) is 7.11 Å². The van der Waals surface area contributed by atoms with E-state index in [9.17, 15) is 4.79 Å². The van der Waals surface area contributed by atoms with Gasteiger partial charge in [-0.3, -0.25) is 4.79 Å². The Balaban J connectivity index is 1.51. The average Bonchev–Trinajstić information content (AvgIpc) is 2.78. The van der Waals surface area contributed by atoms with Crippen LogP contribution in [0.1, 0.15) is 43.7 Å². The van der Waals surface area contributed by atoms with E-state index in [1.54, 1.807) is 19.3 Å². The van der Waals surface area contributed by atoms with Crippen LogP contribution in [0.4, 0.5) is 0 Å². The maximum absolute atomic E-state index is 12.1. The van der Waals surface area contributed by atoms with Crippen LogP contribution in [-0.2, 0) is 11.4 Å². The summed E-state index contributed by atoms with van der Waals surface area (Å²) in [6.07, 6.45) is 11.7. The molecule has 2 aromatic rings. The first-order chi connectivity index (χ1) is 14.6.